The Kier molecular flexibility index (Phi) is 5.43. The third-order valence-electron chi connectivity index (χ3n) is 4.35. The first-order valence-electron chi connectivity index (χ1n) is 7.26. The lowest BCUT2D eigenvalue weighted by atomic mass is 9.90. The van der Waals surface area contributed by atoms with Crippen LogP contribution in [-0.2, 0) is 0 Å². The van der Waals surface area contributed by atoms with Gasteiger partial charge in [-0.05, 0) is 70.4 Å². The molecule has 1 saturated heterocycles. The minimum Gasteiger partial charge on any atom is -0.307 e. The first kappa shape index (κ1) is 15.0. The van der Waals surface area contributed by atoms with Crippen molar-refractivity contribution in [2.75, 3.05) is 20.1 Å². The van der Waals surface area contributed by atoms with Crippen LogP contribution in [0.3, 0.4) is 0 Å². The summed E-state index contributed by atoms with van der Waals surface area (Å²) in [4.78, 5) is 2.43. The Morgan fingerprint density at radius 2 is 1.74 bits per heavy atom. The van der Waals surface area contributed by atoms with Crippen molar-refractivity contribution in [2.45, 2.75) is 38.8 Å². The van der Waals surface area contributed by atoms with Gasteiger partial charge in [0.1, 0.15) is 0 Å². The zero-order valence-electron chi connectivity index (χ0n) is 12.2. The van der Waals surface area contributed by atoms with Gasteiger partial charge in [0.05, 0.1) is 0 Å². The van der Waals surface area contributed by atoms with E-state index in [2.05, 4.69) is 71.3 Å². The highest BCUT2D eigenvalue weighted by molar-refractivity contribution is 9.10. The number of hydrogen-bond acceptors (Lipinski definition) is 2. The topological polar surface area (TPSA) is 15.3 Å². The van der Waals surface area contributed by atoms with Crippen molar-refractivity contribution < 1.29 is 0 Å². The number of halogens is 1. The molecule has 1 fully saturated rings. The van der Waals surface area contributed by atoms with Crippen molar-refractivity contribution in [3.63, 3.8) is 0 Å². The predicted octanol–water partition coefficient (Wildman–Crippen LogP) is 3.83. The molecule has 1 aromatic carbocycles. The summed E-state index contributed by atoms with van der Waals surface area (Å²) in [7, 11) is 2.22. The second-order valence-corrected chi connectivity index (χ2v) is 6.78. The molecule has 1 aromatic rings. The largest absolute Gasteiger partial charge is 0.307 e. The van der Waals surface area contributed by atoms with Crippen LogP contribution >= 0.6 is 15.9 Å². The Labute approximate surface area is 125 Å². The molecule has 2 nitrogen and oxygen atoms in total. The van der Waals surface area contributed by atoms with Gasteiger partial charge in [0.15, 0.2) is 0 Å². The molecule has 1 N–H and O–H groups in total. The van der Waals surface area contributed by atoms with Crippen molar-refractivity contribution in [3.8, 4) is 0 Å². The Morgan fingerprint density at radius 1 is 1.16 bits per heavy atom. The molecule has 0 bridgehead atoms. The van der Waals surface area contributed by atoms with E-state index < -0.39 is 0 Å². The van der Waals surface area contributed by atoms with Gasteiger partial charge in [-0.3, -0.25) is 0 Å². The number of benzene rings is 1. The van der Waals surface area contributed by atoms with Crippen molar-refractivity contribution in [1.29, 1.82) is 0 Å². The smallest absolute Gasteiger partial charge is 0.0294 e. The molecule has 106 valence electrons. The summed E-state index contributed by atoms with van der Waals surface area (Å²) in [5.74, 6) is 0.814. The van der Waals surface area contributed by atoms with Gasteiger partial charge in [-0.2, -0.15) is 0 Å². The van der Waals surface area contributed by atoms with E-state index in [4.69, 9.17) is 0 Å². The monoisotopic (exact) mass is 324 g/mol. The molecule has 1 heterocycles. The average molecular weight is 325 g/mol. The van der Waals surface area contributed by atoms with Gasteiger partial charge in [-0.15, -0.1) is 0 Å². The molecule has 1 aliphatic rings. The highest BCUT2D eigenvalue weighted by atomic mass is 79.9. The lowest BCUT2D eigenvalue weighted by Gasteiger charge is -2.34. The van der Waals surface area contributed by atoms with Gasteiger partial charge < -0.3 is 10.2 Å². The van der Waals surface area contributed by atoms with Crippen LogP contribution < -0.4 is 5.32 Å². The molecule has 0 spiro atoms. The Morgan fingerprint density at radius 3 is 2.32 bits per heavy atom. The van der Waals surface area contributed by atoms with E-state index in [1.807, 2.05) is 0 Å². The summed E-state index contributed by atoms with van der Waals surface area (Å²) in [6, 6.07) is 9.64. The van der Waals surface area contributed by atoms with Crippen molar-refractivity contribution in [3.05, 3.63) is 34.3 Å². The molecular weight excluding hydrogens is 300 g/mol. The van der Waals surface area contributed by atoms with Crippen LogP contribution in [0.1, 0.15) is 38.3 Å². The summed E-state index contributed by atoms with van der Waals surface area (Å²) in [5, 5.41) is 3.77. The van der Waals surface area contributed by atoms with Crippen molar-refractivity contribution in [1.82, 2.24) is 10.2 Å². The van der Waals surface area contributed by atoms with E-state index in [0.29, 0.717) is 12.1 Å². The summed E-state index contributed by atoms with van der Waals surface area (Å²) < 4.78 is 1.15. The van der Waals surface area contributed by atoms with Crippen molar-refractivity contribution in [2.24, 2.45) is 5.92 Å². The van der Waals surface area contributed by atoms with E-state index in [1.165, 1.54) is 31.5 Å². The van der Waals surface area contributed by atoms with E-state index in [9.17, 15) is 0 Å². The molecule has 0 radical (unpaired) electrons. The minimum absolute atomic E-state index is 0.419. The third-order valence-corrected chi connectivity index (χ3v) is 4.88. The lowest BCUT2D eigenvalue weighted by molar-refractivity contribution is 0.185. The molecule has 2 atom stereocenters. The third kappa shape index (κ3) is 4.30. The first-order chi connectivity index (χ1) is 9.06. The summed E-state index contributed by atoms with van der Waals surface area (Å²) in [5.41, 5.74) is 1.36. The highest BCUT2D eigenvalue weighted by Gasteiger charge is 2.23. The number of nitrogens with one attached hydrogen (secondary N) is 1. The normalized spacial score (nSPS) is 21.3. The highest BCUT2D eigenvalue weighted by Crippen LogP contribution is 2.23. The molecule has 19 heavy (non-hydrogen) atoms. The quantitative estimate of drug-likeness (QED) is 0.905. The molecule has 0 amide bonds. The Balaban J connectivity index is 1.87. The molecule has 1 aliphatic heterocycles. The maximum atomic E-state index is 3.77. The van der Waals surface area contributed by atoms with E-state index in [1.54, 1.807) is 0 Å². The number of piperidine rings is 1. The second-order valence-electron chi connectivity index (χ2n) is 5.87. The first-order valence-corrected chi connectivity index (χ1v) is 8.05. The van der Waals surface area contributed by atoms with Gasteiger partial charge in [0.2, 0.25) is 0 Å². The van der Waals surface area contributed by atoms with Crippen LogP contribution in [0.15, 0.2) is 28.7 Å². The predicted molar refractivity (Wildman–Crippen MR) is 85.4 cm³/mol. The molecule has 2 rings (SSSR count). The van der Waals surface area contributed by atoms with Gasteiger partial charge in [-0.25, -0.2) is 0 Å². The molecule has 0 aliphatic carbocycles. The van der Waals surface area contributed by atoms with Crippen LogP contribution in [0, 0.1) is 5.92 Å². The molecule has 0 aromatic heterocycles. The zero-order valence-corrected chi connectivity index (χ0v) is 13.8. The number of likely N-dealkylation sites (tertiary alicyclic amines) is 1. The molecule has 3 heteroatoms. The summed E-state index contributed by atoms with van der Waals surface area (Å²) >= 11 is 3.49. The van der Waals surface area contributed by atoms with Crippen molar-refractivity contribution >= 4 is 15.9 Å². The van der Waals surface area contributed by atoms with E-state index in [0.717, 1.165) is 10.4 Å². The molecule has 0 saturated carbocycles. The molecular formula is C16H25BrN2. The summed E-state index contributed by atoms with van der Waals surface area (Å²) in [6.45, 7) is 7.08. The maximum Gasteiger partial charge on any atom is 0.0294 e. The number of hydrogen-bond donors (Lipinski definition) is 1. The van der Waals surface area contributed by atoms with E-state index >= 15 is 0 Å². The van der Waals surface area contributed by atoms with Crippen LogP contribution in [0.4, 0.5) is 0 Å². The second kappa shape index (κ2) is 6.87. The van der Waals surface area contributed by atoms with Gasteiger partial charge >= 0.3 is 0 Å². The van der Waals surface area contributed by atoms with E-state index in [-0.39, 0.29) is 0 Å². The van der Waals surface area contributed by atoms with Crippen LogP contribution in [0.25, 0.3) is 0 Å². The van der Waals surface area contributed by atoms with Gasteiger partial charge in [0, 0.05) is 16.6 Å². The Bertz CT molecular complexity index is 382. The maximum absolute atomic E-state index is 3.77. The fourth-order valence-corrected chi connectivity index (χ4v) is 3.17. The molecule has 1 unspecified atom stereocenters. The fourth-order valence-electron chi connectivity index (χ4n) is 2.91. The zero-order chi connectivity index (χ0) is 13.8. The van der Waals surface area contributed by atoms with Gasteiger partial charge in [0.25, 0.3) is 0 Å². The van der Waals surface area contributed by atoms with Crippen LogP contribution in [0.5, 0.6) is 0 Å². The van der Waals surface area contributed by atoms with Crippen LogP contribution in [-0.4, -0.2) is 31.1 Å². The SMILES string of the molecule is CC(N[C@@H](C)c1ccc(Br)cc1)C1CCN(C)CC1. The fraction of sp³-hybridized carbons (Fsp3) is 0.625. The average Bonchev–Trinajstić information content (AvgIpc) is 2.40. The number of rotatable bonds is 4. The lowest BCUT2D eigenvalue weighted by Crippen LogP contribution is -2.41. The minimum atomic E-state index is 0.419. The van der Waals surface area contributed by atoms with Gasteiger partial charge in [-0.1, -0.05) is 28.1 Å². The Hall–Kier alpha value is -0.380. The standard InChI is InChI=1S/C16H25BrN2/c1-12(14-4-6-16(17)7-5-14)18-13(2)15-8-10-19(3)11-9-15/h4-7,12-13,15,18H,8-11H2,1-3H3/t12-,13?/m0/s1. The summed E-state index contributed by atoms with van der Waals surface area (Å²) in [6.07, 6.45) is 2.63. The van der Waals surface area contributed by atoms with Crippen LogP contribution in [0.2, 0.25) is 0 Å². The number of nitrogens with zero attached hydrogens (tertiary/aromatic N) is 1.